The SMILES string of the molecule is CC(CCN(C)C)NCc1cccc([N+](=O)[O-])c1. The van der Waals surface area contributed by atoms with Crippen LogP contribution in [0.15, 0.2) is 24.3 Å². The Morgan fingerprint density at radius 1 is 1.44 bits per heavy atom. The summed E-state index contributed by atoms with van der Waals surface area (Å²) in [4.78, 5) is 12.4. The first-order valence-electron chi connectivity index (χ1n) is 6.10. The van der Waals surface area contributed by atoms with Crippen molar-refractivity contribution in [1.82, 2.24) is 10.2 Å². The Balaban J connectivity index is 2.43. The fraction of sp³-hybridized carbons (Fsp3) is 0.538. The lowest BCUT2D eigenvalue weighted by Gasteiger charge is -2.16. The normalized spacial score (nSPS) is 12.7. The molecule has 0 aromatic heterocycles. The zero-order valence-corrected chi connectivity index (χ0v) is 11.2. The summed E-state index contributed by atoms with van der Waals surface area (Å²) in [6.45, 7) is 3.82. The zero-order valence-electron chi connectivity index (χ0n) is 11.2. The van der Waals surface area contributed by atoms with E-state index in [-0.39, 0.29) is 10.6 Å². The topological polar surface area (TPSA) is 58.4 Å². The number of nitro groups is 1. The van der Waals surface area contributed by atoms with Crippen LogP contribution in [0.4, 0.5) is 5.69 Å². The lowest BCUT2D eigenvalue weighted by molar-refractivity contribution is -0.384. The number of rotatable bonds is 7. The monoisotopic (exact) mass is 251 g/mol. The molecule has 1 unspecified atom stereocenters. The average Bonchev–Trinajstić information content (AvgIpc) is 2.34. The van der Waals surface area contributed by atoms with E-state index >= 15 is 0 Å². The summed E-state index contributed by atoms with van der Waals surface area (Å²) in [5, 5.41) is 14.0. The number of nitrogens with zero attached hydrogens (tertiary/aromatic N) is 2. The Kier molecular flexibility index (Phi) is 5.74. The highest BCUT2D eigenvalue weighted by atomic mass is 16.6. The smallest absolute Gasteiger partial charge is 0.269 e. The molecule has 0 spiro atoms. The molecule has 1 N–H and O–H groups in total. The molecular weight excluding hydrogens is 230 g/mol. The molecule has 1 aromatic rings. The Hall–Kier alpha value is -1.46. The molecule has 1 aromatic carbocycles. The maximum absolute atomic E-state index is 10.6. The Bertz CT molecular complexity index is 394. The highest BCUT2D eigenvalue weighted by Gasteiger charge is 2.07. The van der Waals surface area contributed by atoms with Gasteiger partial charge in [0.15, 0.2) is 0 Å². The predicted octanol–water partition coefficient (Wildman–Crippen LogP) is 2.02. The average molecular weight is 251 g/mol. The molecule has 0 heterocycles. The third-order valence-corrected chi connectivity index (χ3v) is 2.79. The summed E-state index contributed by atoms with van der Waals surface area (Å²) in [7, 11) is 4.10. The van der Waals surface area contributed by atoms with Gasteiger partial charge in [0.25, 0.3) is 5.69 Å². The first kappa shape index (κ1) is 14.6. The summed E-state index contributed by atoms with van der Waals surface area (Å²) >= 11 is 0. The van der Waals surface area contributed by atoms with Crippen molar-refractivity contribution >= 4 is 5.69 Å². The van der Waals surface area contributed by atoms with Crippen molar-refractivity contribution in [2.24, 2.45) is 0 Å². The van der Waals surface area contributed by atoms with E-state index in [0.29, 0.717) is 12.6 Å². The summed E-state index contributed by atoms with van der Waals surface area (Å²) in [5.74, 6) is 0. The van der Waals surface area contributed by atoms with E-state index in [1.54, 1.807) is 12.1 Å². The molecule has 5 nitrogen and oxygen atoms in total. The van der Waals surface area contributed by atoms with Gasteiger partial charge < -0.3 is 10.2 Å². The van der Waals surface area contributed by atoms with Crippen molar-refractivity contribution < 1.29 is 4.92 Å². The Labute approximate surface area is 108 Å². The number of benzene rings is 1. The van der Waals surface area contributed by atoms with Crippen LogP contribution in [-0.2, 0) is 6.54 Å². The first-order valence-corrected chi connectivity index (χ1v) is 6.10. The van der Waals surface area contributed by atoms with Gasteiger partial charge in [0.05, 0.1) is 4.92 Å². The van der Waals surface area contributed by atoms with Crippen LogP contribution in [-0.4, -0.2) is 36.5 Å². The van der Waals surface area contributed by atoms with Crippen LogP contribution in [0, 0.1) is 10.1 Å². The van der Waals surface area contributed by atoms with Gasteiger partial charge >= 0.3 is 0 Å². The van der Waals surface area contributed by atoms with E-state index in [1.807, 2.05) is 20.2 Å². The van der Waals surface area contributed by atoms with Crippen molar-refractivity contribution in [3.8, 4) is 0 Å². The molecule has 0 amide bonds. The molecule has 0 bridgehead atoms. The van der Waals surface area contributed by atoms with E-state index in [0.717, 1.165) is 18.5 Å². The Morgan fingerprint density at radius 3 is 2.78 bits per heavy atom. The third-order valence-electron chi connectivity index (χ3n) is 2.79. The van der Waals surface area contributed by atoms with Crippen LogP contribution in [0.25, 0.3) is 0 Å². The minimum absolute atomic E-state index is 0.148. The minimum atomic E-state index is -0.362. The Morgan fingerprint density at radius 2 is 2.17 bits per heavy atom. The molecule has 0 saturated carbocycles. The van der Waals surface area contributed by atoms with Crippen LogP contribution in [0.5, 0.6) is 0 Å². The van der Waals surface area contributed by atoms with E-state index in [9.17, 15) is 10.1 Å². The summed E-state index contributed by atoms with van der Waals surface area (Å²) in [5.41, 5.74) is 1.09. The number of hydrogen-bond donors (Lipinski definition) is 1. The van der Waals surface area contributed by atoms with Gasteiger partial charge in [0, 0.05) is 24.7 Å². The molecule has 0 saturated heterocycles. The fourth-order valence-electron chi connectivity index (χ4n) is 1.63. The zero-order chi connectivity index (χ0) is 13.5. The van der Waals surface area contributed by atoms with Crippen LogP contribution >= 0.6 is 0 Å². The van der Waals surface area contributed by atoms with Gasteiger partial charge in [-0.3, -0.25) is 10.1 Å². The van der Waals surface area contributed by atoms with E-state index in [2.05, 4.69) is 17.1 Å². The number of nitrogens with one attached hydrogen (secondary N) is 1. The first-order chi connectivity index (χ1) is 8.49. The summed E-state index contributed by atoms with van der Waals surface area (Å²) < 4.78 is 0. The number of hydrogen-bond acceptors (Lipinski definition) is 4. The van der Waals surface area contributed by atoms with Crippen molar-refractivity contribution in [3.63, 3.8) is 0 Å². The van der Waals surface area contributed by atoms with Crippen LogP contribution in [0.1, 0.15) is 18.9 Å². The van der Waals surface area contributed by atoms with Crippen LogP contribution in [0.2, 0.25) is 0 Å². The molecule has 100 valence electrons. The molecule has 0 fully saturated rings. The van der Waals surface area contributed by atoms with Gasteiger partial charge in [0.1, 0.15) is 0 Å². The van der Waals surface area contributed by atoms with Gasteiger partial charge in [-0.25, -0.2) is 0 Å². The highest BCUT2D eigenvalue weighted by molar-refractivity contribution is 5.34. The standard InChI is InChI=1S/C13H21N3O2/c1-11(7-8-15(2)3)14-10-12-5-4-6-13(9-12)16(17)18/h4-6,9,11,14H,7-8,10H2,1-3H3. The van der Waals surface area contributed by atoms with Gasteiger partial charge in [-0.2, -0.15) is 0 Å². The van der Waals surface area contributed by atoms with Crippen molar-refractivity contribution in [1.29, 1.82) is 0 Å². The second-order valence-electron chi connectivity index (χ2n) is 4.80. The van der Waals surface area contributed by atoms with Crippen molar-refractivity contribution in [3.05, 3.63) is 39.9 Å². The fourth-order valence-corrected chi connectivity index (χ4v) is 1.63. The maximum atomic E-state index is 10.6. The number of non-ortho nitro benzene ring substituents is 1. The number of nitro benzene ring substituents is 1. The molecule has 5 heteroatoms. The predicted molar refractivity (Wildman–Crippen MR) is 72.6 cm³/mol. The van der Waals surface area contributed by atoms with Crippen molar-refractivity contribution in [2.45, 2.75) is 25.9 Å². The van der Waals surface area contributed by atoms with E-state index in [4.69, 9.17) is 0 Å². The maximum Gasteiger partial charge on any atom is 0.269 e. The molecule has 0 radical (unpaired) electrons. The quantitative estimate of drug-likeness (QED) is 0.595. The lowest BCUT2D eigenvalue weighted by Crippen LogP contribution is -2.29. The second kappa shape index (κ2) is 7.08. The van der Waals surface area contributed by atoms with Crippen molar-refractivity contribution in [2.75, 3.05) is 20.6 Å². The van der Waals surface area contributed by atoms with Gasteiger partial charge in [-0.05, 0) is 39.5 Å². The van der Waals surface area contributed by atoms with Gasteiger partial charge in [-0.15, -0.1) is 0 Å². The van der Waals surface area contributed by atoms with Gasteiger partial charge in [-0.1, -0.05) is 12.1 Å². The molecule has 0 aliphatic carbocycles. The van der Waals surface area contributed by atoms with E-state index in [1.165, 1.54) is 6.07 Å². The van der Waals surface area contributed by atoms with Crippen LogP contribution < -0.4 is 5.32 Å². The second-order valence-corrected chi connectivity index (χ2v) is 4.80. The largest absolute Gasteiger partial charge is 0.310 e. The molecule has 1 atom stereocenters. The lowest BCUT2D eigenvalue weighted by atomic mass is 10.1. The molecule has 0 aliphatic rings. The molecule has 1 rings (SSSR count). The van der Waals surface area contributed by atoms with E-state index < -0.39 is 0 Å². The van der Waals surface area contributed by atoms with Gasteiger partial charge in [0.2, 0.25) is 0 Å². The van der Waals surface area contributed by atoms with Crippen LogP contribution in [0.3, 0.4) is 0 Å². The minimum Gasteiger partial charge on any atom is -0.310 e. The summed E-state index contributed by atoms with van der Waals surface area (Å²) in [6.07, 6.45) is 1.06. The molecular formula is C13H21N3O2. The summed E-state index contributed by atoms with van der Waals surface area (Å²) in [6, 6.07) is 7.15. The third kappa shape index (κ3) is 5.25. The molecule has 18 heavy (non-hydrogen) atoms. The highest BCUT2D eigenvalue weighted by Crippen LogP contribution is 2.13. The molecule has 0 aliphatic heterocycles.